The van der Waals surface area contributed by atoms with Gasteiger partial charge in [-0.2, -0.15) is 0 Å². The molecule has 0 unspecified atom stereocenters. The van der Waals surface area contributed by atoms with Crippen molar-refractivity contribution in [1.82, 2.24) is 0 Å². The molecule has 0 aliphatic heterocycles. The number of benzene rings is 1. The molecule has 0 spiro atoms. The van der Waals surface area contributed by atoms with Crippen molar-refractivity contribution >= 4 is 34.2 Å². The van der Waals surface area contributed by atoms with Gasteiger partial charge in [0.15, 0.2) is 0 Å². The van der Waals surface area contributed by atoms with Gasteiger partial charge in [-0.25, -0.2) is 0 Å². The topological polar surface area (TPSA) is 9.23 Å². The van der Waals surface area contributed by atoms with Gasteiger partial charge in [-0.3, -0.25) is 0 Å². The van der Waals surface area contributed by atoms with Gasteiger partial charge in [0.2, 0.25) is 0 Å². The molecule has 1 nitrogen and oxygen atoms in total. The zero-order valence-electron chi connectivity index (χ0n) is 8.01. The Labute approximate surface area is 104 Å². The average molecular weight is 325 g/mol. The van der Waals surface area contributed by atoms with Crippen molar-refractivity contribution in [3.8, 4) is 5.75 Å². The maximum Gasteiger partial charge on any atom is 0.119 e. The van der Waals surface area contributed by atoms with Crippen molar-refractivity contribution in [3.05, 3.63) is 29.3 Å². The van der Waals surface area contributed by atoms with Gasteiger partial charge in [0.05, 0.1) is 6.61 Å². The summed E-state index contributed by atoms with van der Waals surface area (Å²) in [4.78, 5) is 0. The van der Waals surface area contributed by atoms with Crippen LogP contribution in [-0.4, -0.2) is 11.0 Å². The van der Waals surface area contributed by atoms with E-state index in [9.17, 15) is 0 Å². The quantitative estimate of drug-likeness (QED) is 0.430. The number of hydrogen-bond acceptors (Lipinski definition) is 1. The lowest BCUT2D eigenvalue weighted by Gasteiger charge is -2.05. The molecule has 0 atom stereocenters. The first kappa shape index (κ1) is 12.1. The molecule has 0 bridgehead atoms. The van der Waals surface area contributed by atoms with Crippen LogP contribution in [0.2, 0.25) is 5.02 Å². The summed E-state index contributed by atoms with van der Waals surface area (Å²) in [6.45, 7) is 0.804. The van der Waals surface area contributed by atoms with Crippen LogP contribution in [0.5, 0.6) is 5.75 Å². The molecule has 0 aliphatic rings. The summed E-state index contributed by atoms with van der Waals surface area (Å²) in [5.74, 6) is 0.906. The second-order valence-corrected chi connectivity index (χ2v) is 4.57. The van der Waals surface area contributed by atoms with E-state index < -0.39 is 0 Å². The Morgan fingerprint density at radius 2 is 1.79 bits per heavy atom. The molecule has 0 radical (unpaired) electrons. The first-order valence-electron chi connectivity index (χ1n) is 4.77. The van der Waals surface area contributed by atoms with E-state index in [0.29, 0.717) is 0 Å². The molecule has 1 aromatic carbocycles. The van der Waals surface area contributed by atoms with Crippen LogP contribution in [0.1, 0.15) is 19.3 Å². The Hall–Kier alpha value is 0.0400. The highest BCUT2D eigenvalue weighted by atomic mass is 127. The Bertz CT molecular complexity index is 248. The van der Waals surface area contributed by atoms with Crippen LogP contribution >= 0.6 is 34.2 Å². The van der Waals surface area contributed by atoms with Crippen molar-refractivity contribution < 1.29 is 4.74 Å². The number of unbranched alkanes of at least 4 members (excludes halogenated alkanes) is 2. The minimum absolute atomic E-state index is 0.752. The van der Waals surface area contributed by atoms with Crippen molar-refractivity contribution in [3.63, 3.8) is 0 Å². The van der Waals surface area contributed by atoms with E-state index in [4.69, 9.17) is 16.3 Å². The predicted octanol–water partition coefficient (Wildman–Crippen LogP) is 4.32. The van der Waals surface area contributed by atoms with E-state index in [0.717, 1.165) is 23.8 Å². The second kappa shape index (κ2) is 7.35. The highest BCUT2D eigenvalue weighted by Crippen LogP contribution is 2.15. The molecule has 0 amide bonds. The third-order valence-electron chi connectivity index (χ3n) is 1.86. The van der Waals surface area contributed by atoms with Gasteiger partial charge in [-0.15, -0.1) is 0 Å². The van der Waals surface area contributed by atoms with Crippen molar-refractivity contribution in [2.24, 2.45) is 0 Å². The minimum atomic E-state index is 0.752. The zero-order chi connectivity index (χ0) is 10.2. The van der Waals surface area contributed by atoms with Gasteiger partial charge in [-0.05, 0) is 48.0 Å². The Kier molecular flexibility index (Phi) is 6.36. The fraction of sp³-hybridized carbons (Fsp3) is 0.455. The molecule has 3 heteroatoms. The summed E-state index contributed by atoms with van der Waals surface area (Å²) in [6, 6.07) is 7.50. The summed E-state index contributed by atoms with van der Waals surface area (Å²) in [5, 5.41) is 0.752. The predicted molar refractivity (Wildman–Crippen MR) is 69.7 cm³/mol. The van der Waals surface area contributed by atoms with Gasteiger partial charge < -0.3 is 4.74 Å². The van der Waals surface area contributed by atoms with Crippen molar-refractivity contribution in [1.29, 1.82) is 0 Å². The van der Waals surface area contributed by atoms with Gasteiger partial charge in [0.1, 0.15) is 5.75 Å². The van der Waals surface area contributed by atoms with Gasteiger partial charge in [-0.1, -0.05) is 34.2 Å². The van der Waals surface area contributed by atoms with E-state index in [1.807, 2.05) is 24.3 Å². The number of hydrogen-bond donors (Lipinski definition) is 0. The molecule has 78 valence electrons. The third-order valence-corrected chi connectivity index (χ3v) is 2.88. The van der Waals surface area contributed by atoms with Crippen LogP contribution in [0.3, 0.4) is 0 Å². The maximum atomic E-state index is 5.76. The van der Waals surface area contributed by atoms with E-state index >= 15 is 0 Å². The zero-order valence-corrected chi connectivity index (χ0v) is 10.9. The Balaban J connectivity index is 2.15. The lowest BCUT2D eigenvalue weighted by Crippen LogP contribution is -1.96. The molecule has 1 rings (SSSR count). The lowest BCUT2D eigenvalue weighted by molar-refractivity contribution is 0.306. The molecule has 0 saturated heterocycles. The summed E-state index contributed by atoms with van der Waals surface area (Å²) in [5.41, 5.74) is 0. The smallest absolute Gasteiger partial charge is 0.119 e. The van der Waals surface area contributed by atoms with Gasteiger partial charge in [0, 0.05) is 5.02 Å². The first-order valence-corrected chi connectivity index (χ1v) is 6.67. The molecule has 0 fully saturated rings. The molecule has 14 heavy (non-hydrogen) atoms. The number of halogens is 2. The fourth-order valence-corrected chi connectivity index (χ4v) is 1.76. The fourth-order valence-electron chi connectivity index (χ4n) is 1.09. The Morgan fingerprint density at radius 1 is 1.07 bits per heavy atom. The van der Waals surface area contributed by atoms with Crippen LogP contribution in [0.25, 0.3) is 0 Å². The SMILES string of the molecule is Clc1ccc(OCCCCCI)cc1. The molecule has 0 N–H and O–H groups in total. The molecule has 1 aromatic rings. The van der Waals surface area contributed by atoms with Crippen LogP contribution in [0.15, 0.2) is 24.3 Å². The monoisotopic (exact) mass is 324 g/mol. The summed E-state index contributed by atoms with van der Waals surface area (Å²) in [6.07, 6.45) is 3.66. The number of ether oxygens (including phenoxy) is 1. The maximum absolute atomic E-state index is 5.76. The Morgan fingerprint density at radius 3 is 2.43 bits per heavy atom. The molecule has 0 aromatic heterocycles. The molecule has 0 heterocycles. The standard InChI is InChI=1S/C11H14ClIO/c12-10-4-6-11(7-5-10)14-9-3-1-2-8-13/h4-7H,1-3,8-9H2. The molecular weight excluding hydrogens is 310 g/mol. The van der Waals surface area contributed by atoms with Crippen LogP contribution in [-0.2, 0) is 0 Å². The van der Waals surface area contributed by atoms with Gasteiger partial charge in [0.25, 0.3) is 0 Å². The highest BCUT2D eigenvalue weighted by molar-refractivity contribution is 14.1. The molecule has 0 aliphatic carbocycles. The normalized spacial score (nSPS) is 10.1. The van der Waals surface area contributed by atoms with E-state index in [-0.39, 0.29) is 0 Å². The highest BCUT2D eigenvalue weighted by Gasteiger charge is 1.93. The second-order valence-electron chi connectivity index (χ2n) is 3.05. The van der Waals surface area contributed by atoms with Crippen LogP contribution in [0, 0.1) is 0 Å². The first-order chi connectivity index (χ1) is 6.83. The third kappa shape index (κ3) is 5.05. The largest absolute Gasteiger partial charge is 0.494 e. The summed E-state index contributed by atoms with van der Waals surface area (Å²) in [7, 11) is 0. The van der Waals surface area contributed by atoms with Crippen LogP contribution < -0.4 is 4.74 Å². The average Bonchev–Trinajstić information content (AvgIpc) is 2.21. The minimum Gasteiger partial charge on any atom is -0.494 e. The van der Waals surface area contributed by atoms with Crippen molar-refractivity contribution in [2.45, 2.75) is 19.3 Å². The summed E-state index contributed by atoms with van der Waals surface area (Å²) < 4.78 is 6.78. The summed E-state index contributed by atoms with van der Waals surface area (Å²) >= 11 is 8.16. The number of rotatable bonds is 6. The molecule has 0 saturated carbocycles. The van der Waals surface area contributed by atoms with E-state index in [2.05, 4.69) is 22.6 Å². The van der Waals surface area contributed by atoms with Crippen molar-refractivity contribution in [2.75, 3.05) is 11.0 Å². The molecular formula is C11H14ClIO. The van der Waals surface area contributed by atoms with Crippen LogP contribution in [0.4, 0.5) is 0 Å². The van der Waals surface area contributed by atoms with Gasteiger partial charge >= 0.3 is 0 Å². The number of alkyl halides is 1. The van der Waals surface area contributed by atoms with E-state index in [1.54, 1.807) is 0 Å². The van der Waals surface area contributed by atoms with E-state index in [1.165, 1.54) is 17.3 Å². The lowest BCUT2D eigenvalue weighted by atomic mass is 10.3.